The van der Waals surface area contributed by atoms with E-state index < -0.39 is 5.41 Å². The lowest BCUT2D eigenvalue weighted by atomic mass is 9.80. The Hall–Kier alpha value is -1.59. The third kappa shape index (κ3) is 4.95. The van der Waals surface area contributed by atoms with Gasteiger partial charge in [0.25, 0.3) is 0 Å². The van der Waals surface area contributed by atoms with Crippen LogP contribution in [0, 0.1) is 11.3 Å². The molecule has 1 saturated heterocycles. The Morgan fingerprint density at radius 2 is 1.72 bits per heavy atom. The summed E-state index contributed by atoms with van der Waals surface area (Å²) in [6.07, 6.45) is 2.93. The molecule has 5 nitrogen and oxygen atoms in total. The maximum Gasteiger partial charge on any atom is 0.230 e. The van der Waals surface area contributed by atoms with E-state index in [1.54, 1.807) is 0 Å². The van der Waals surface area contributed by atoms with Crippen LogP contribution in [-0.2, 0) is 9.59 Å². The molecule has 25 heavy (non-hydrogen) atoms. The van der Waals surface area contributed by atoms with Crippen molar-refractivity contribution in [3.63, 3.8) is 0 Å². The summed E-state index contributed by atoms with van der Waals surface area (Å²) in [5.74, 6) is 0.158. The van der Waals surface area contributed by atoms with Crippen molar-refractivity contribution < 1.29 is 9.59 Å². The van der Waals surface area contributed by atoms with Gasteiger partial charge in [-0.3, -0.25) is 9.59 Å². The molecule has 1 aliphatic heterocycles. The molecule has 3 N–H and O–H groups in total. The number of carbonyl (C=O) groups excluding carboxylic acids is 2. The van der Waals surface area contributed by atoms with E-state index in [4.69, 9.17) is 5.73 Å². The van der Waals surface area contributed by atoms with Crippen LogP contribution in [0.5, 0.6) is 0 Å². The number of nitrogens with two attached hydrogens (primary N) is 1. The molecular formula is C19H30ClN3O2. The minimum absolute atomic E-state index is 0. The molecule has 1 fully saturated rings. The highest BCUT2D eigenvalue weighted by molar-refractivity contribution is 5.92. The number of hydrogen-bond acceptors (Lipinski definition) is 3. The highest BCUT2D eigenvalue weighted by atomic mass is 35.5. The minimum Gasteiger partial charge on any atom is -0.342 e. The summed E-state index contributed by atoms with van der Waals surface area (Å²) in [5.41, 5.74) is 6.26. The second-order valence-corrected chi connectivity index (χ2v) is 6.61. The molecule has 1 aromatic carbocycles. The molecule has 6 heteroatoms. The summed E-state index contributed by atoms with van der Waals surface area (Å²) < 4.78 is 0. The largest absolute Gasteiger partial charge is 0.342 e. The predicted octanol–water partition coefficient (Wildman–Crippen LogP) is 3.05. The molecule has 0 atom stereocenters. The number of nitrogens with one attached hydrogen (secondary N) is 1. The number of piperidine rings is 1. The molecule has 0 aromatic heterocycles. The summed E-state index contributed by atoms with van der Waals surface area (Å²) in [4.78, 5) is 27.1. The van der Waals surface area contributed by atoms with Crippen LogP contribution < -0.4 is 11.1 Å². The third-order valence-electron chi connectivity index (χ3n) is 5.39. The van der Waals surface area contributed by atoms with Crippen molar-refractivity contribution in [3.8, 4) is 0 Å². The van der Waals surface area contributed by atoms with Crippen LogP contribution in [0.3, 0.4) is 0 Å². The summed E-state index contributed by atoms with van der Waals surface area (Å²) >= 11 is 0. The fourth-order valence-electron chi connectivity index (χ4n) is 3.37. The van der Waals surface area contributed by atoms with Crippen molar-refractivity contribution in [2.45, 2.75) is 39.5 Å². The number of hydrogen-bond donors (Lipinski definition) is 2. The first-order valence-electron chi connectivity index (χ1n) is 8.91. The standard InChI is InChI=1S/C19H29N3O2.ClH/c1-3-19(4-2,14-20)18(24)22-12-10-15(11-13-22)17(23)21-16-8-6-5-7-9-16;/h5-9,15H,3-4,10-14,20H2,1-2H3,(H,21,23);1H. The third-order valence-corrected chi connectivity index (χ3v) is 5.39. The molecule has 1 heterocycles. The zero-order chi connectivity index (χ0) is 17.6. The van der Waals surface area contributed by atoms with Crippen LogP contribution >= 0.6 is 12.4 Å². The number of carbonyl (C=O) groups is 2. The van der Waals surface area contributed by atoms with Crippen LogP contribution in [0.25, 0.3) is 0 Å². The van der Waals surface area contributed by atoms with Crippen molar-refractivity contribution in [2.24, 2.45) is 17.1 Å². The number of benzene rings is 1. The molecule has 0 bridgehead atoms. The fraction of sp³-hybridized carbons (Fsp3) is 0.579. The van der Waals surface area contributed by atoms with E-state index in [1.165, 1.54) is 0 Å². The van der Waals surface area contributed by atoms with Crippen molar-refractivity contribution in [1.82, 2.24) is 4.90 Å². The number of likely N-dealkylation sites (tertiary alicyclic amines) is 1. The Balaban J connectivity index is 0.00000312. The van der Waals surface area contributed by atoms with Gasteiger partial charge in [-0.05, 0) is 37.8 Å². The maximum atomic E-state index is 12.8. The smallest absolute Gasteiger partial charge is 0.230 e. The Morgan fingerprint density at radius 1 is 1.16 bits per heavy atom. The van der Waals surface area contributed by atoms with Gasteiger partial charge < -0.3 is 16.0 Å². The average molecular weight is 368 g/mol. The van der Waals surface area contributed by atoms with Crippen LogP contribution in [0.15, 0.2) is 30.3 Å². The summed E-state index contributed by atoms with van der Waals surface area (Å²) in [6.45, 7) is 5.69. The Morgan fingerprint density at radius 3 is 2.20 bits per heavy atom. The Kier molecular flexibility index (Phi) is 8.39. The highest BCUT2D eigenvalue weighted by Gasteiger charge is 2.38. The number of anilines is 1. The first-order valence-corrected chi connectivity index (χ1v) is 8.91. The van der Waals surface area contributed by atoms with Gasteiger partial charge in [0.1, 0.15) is 0 Å². The van der Waals surface area contributed by atoms with Crippen LogP contribution in [0.4, 0.5) is 5.69 Å². The van der Waals surface area contributed by atoms with Gasteiger partial charge in [-0.1, -0.05) is 32.0 Å². The lowest BCUT2D eigenvalue weighted by Gasteiger charge is -2.38. The second-order valence-electron chi connectivity index (χ2n) is 6.61. The lowest BCUT2D eigenvalue weighted by Crippen LogP contribution is -2.50. The van der Waals surface area contributed by atoms with Crippen LogP contribution in [0.1, 0.15) is 39.5 Å². The average Bonchev–Trinajstić information content (AvgIpc) is 2.64. The first-order chi connectivity index (χ1) is 11.6. The van der Waals surface area contributed by atoms with Crippen LogP contribution in [-0.4, -0.2) is 36.3 Å². The van der Waals surface area contributed by atoms with Crippen molar-refractivity contribution in [2.75, 3.05) is 25.0 Å². The molecule has 0 saturated carbocycles. The molecule has 1 aliphatic rings. The molecule has 2 rings (SSSR count). The monoisotopic (exact) mass is 367 g/mol. The van der Waals surface area contributed by atoms with Gasteiger partial charge in [0.15, 0.2) is 0 Å². The second kappa shape index (κ2) is 9.78. The zero-order valence-electron chi connectivity index (χ0n) is 15.2. The van der Waals surface area contributed by atoms with Gasteiger partial charge in [-0.2, -0.15) is 0 Å². The first kappa shape index (κ1) is 21.5. The maximum absolute atomic E-state index is 12.8. The van der Waals surface area contributed by atoms with E-state index in [-0.39, 0.29) is 30.1 Å². The molecule has 1 aromatic rings. The number of amides is 2. The van der Waals surface area contributed by atoms with Gasteiger partial charge in [0, 0.05) is 31.2 Å². The van der Waals surface area contributed by atoms with E-state index in [1.807, 2.05) is 49.1 Å². The summed E-state index contributed by atoms with van der Waals surface area (Å²) in [7, 11) is 0. The van der Waals surface area contributed by atoms with E-state index in [0.717, 1.165) is 18.5 Å². The Bertz CT molecular complexity index is 545. The Labute approximate surface area is 156 Å². The SMILES string of the molecule is CCC(CC)(CN)C(=O)N1CCC(C(=O)Nc2ccccc2)CC1.Cl. The van der Waals surface area contributed by atoms with Crippen molar-refractivity contribution in [1.29, 1.82) is 0 Å². The number of rotatable bonds is 6. The van der Waals surface area contributed by atoms with Gasteiger partial charge in [-0.15, -0.1) is 12.4 Å². The van der Waals surface area contributed by atoms with Gasteiger partial charge in [0.2, 0.25) is 11.8 Å². The number of para-hydroxylation sites is 1. The molecule has 0 unspecified atom stereocenters. The van der Waals surface area contributed by atoms with E-state index in [2.05, 4.69) is 5.32 Å². The lowest BCUT2D eigenvalue weighted by molar-refractivity contribution is -0.144. The molecule has 0 spiro atoms. The minimum atomic E-state index is -0.445. The van der Waals surface area contributed by atoms with E-state index >= 15 is 0 Å². The summed E-state index contributed by atoms with van der Waals surface area (Å²) in [6, 6.07) is 9.49. The highest BCUT2D eigenvalue weighted by Crippen LogP contribution is 2.30. The topological polar surface area (TPSA) is 75.4 Å². The van der Waals surface area contributed by atoms with Crippen LogP contribution in [0.2, 0.25) is 0 Å². The van der Waals surface area contributed by atoms with Crippen molar-refractivity contribution in [3.05, 3.63) is 30.3 Å². The summed E-state index contributed by atoms with van der Waals surface area (Å²) in [5, 5.41) is 2.96. The molecule has 0 radical (unpaired) electrons. The molecule has 140 valence electrons. The van der Waals surface area contributed by atoms with Crippen molar-refractivity contribution >= 4 is 29.9 Å². The quantitative estimate of drug-likeness (QED) is 0.811. The van der Waals surface area contributed by atoms with E-state index in [9.17, 15) is 9.59 Å². The predicted molar refractivity (Wildman–Crippen MR) is 104 cm³/mol. The zero-order valence-corrected chi connectivity index (χ0v) is 16.0. The van der Waals surface area contributed by atoms with Gasteiger partial charge in [-0.25, -0.2) is 0 Å². The number of halogens is 1. The number of nitrogens with zero attached hydrogens (tertiary/aromatic N) is 1. The fourth-order valence-corrected chi connectivity index (χ4v) is 3.37. The van der Waals surface area contributed by atoms with Gasteiger partial charge in [0.05, 0.1) is 5.41 Å². The molecular weight excluding hydrogens is 338 g/mol. The normalized spacial score (nSPS) is 15.4. The van der Waals surface area contributed by atoms with E-state index in [0.29, 0.717) is 32.5 Å². The molecule has 0 aliphatic carbocycles. The van der Waals surface area contributed by atoms with Gasteiger partial charge >= 0.3 is 0 Å². The molecule has 2 amide bonds.